The molecular formula is C16H19NO. The van der Waals surface area contributed by atoms with Gasteiger partial charge in [-0.15, -0.1) is 0 Å². The molecule has 0 aromatic heterocycles. The average Bonchev–Trinajstić information content (AvgIpc) is 2.40. The van der Waals surface area contributed by atoms with Gasteiger partial charge in [0, 0.05) is 6.54 Å². The Hall–Kier alpha value is -1.80. The quantitative estimate of drug-likeness (QED) is 0.860. The van der Waals surface area contributed by atoms with Crippen LogP contribution in [0.4, 0.5) is 0 Å². The number of rotatable bonds is 5. The third-order valence-electron chi connectivity index (χ3n) is 2.86. The first-order valence-electron chi connectivity index (χ1n) is 6.32. The Bertz CT molecular complexity index is 508. The number of aryl methyl sites for hydroxylation is 1. The van der Waals surface area contributed by atoms with Crippen LogP contribution in [0.3, 0.4) is 0 Å². The minimum absolute atomic E-state index is 0.854. The molecule has 18 heavy (non-hydrogen) atoms. The summed E-state index contributed by atoms with van der Waals surface area (Å²) in [7, 11) is 1.94. The maximum Gasteiger partial charge on any atom is 0.130 e. The lowest BCUT2D eigenvalue weighted by molar-refractivity contribution is 0.476. The van der Waals surface area contributed by atoms with Crippen molar-refractivity contribution in [3.05, 3.63) is 59.7 Å². The van der Waals surface area contributed by atoms with Crippen molar-refractivity contribution in [1.29, 1.82) is 0 Å². The molecule has 0 atom stereocenters. The smallest absolute Gasteiger partial charge is 0.130 e. The van der Waals surface area contributed by atoms with Gasteiger partial charge in [-0.1, -0.05) is 37.3 Å². The summed E-state index contributed by atoms with van der Waals surface area (Å²) in [5.74, 6) is 1.84. The van der Waals surface area contributed by atoms with E-state index in [0.29, 0.717) is 0 Å². The van der Waals surface area contributed by atoms with Gasteiger partial charge >= 0.3 is 0 Å². The van der Waals surface area contributed by atoms with Crippen LogP contribution >= 0.6 is 0 Å². The first-order chi connectivity index (χ1) is 8.83. The molecule has 0 unspecified atom stereocenters. The number of nitrogens with one attached hydrogen (secondary N) is 1. The predicted octanol–water partition coefficient (Wildman–Crippen LogP) is 3.76. The second-order valence-corrected chi connectivity index (χ2v) is 4.24. The van der Waals surface area contributed by atoms with E-state index in [2.05, 4.69) is 30.4 Å². The fourth-order valence-corrected chi connectivity index (χ4v) is 1.95. The Morgan fingerprint density at radius 2 is 1.89 bits per heavy atom. The monoisotopic (exact) mass is 241 g/mol. The van der Waals surface area contributed by atoms with Crippen molar-refractivity contribution in [3.8, 4) is 11.5 Å². The third kappa shape index (κ3) is 3.11. The van der Waals surface area contributed by atoms with Crippen molar-refractivity contribution in [2.45, 2.75) is 19.9 Å². The molecule has 0 aliphatic carbocycles. The lowest BCUT2D eigenvalue weighted by atomic mass is 10.1. The Morgan fingerprint density at radius 3 is 2.67 bits per heavy atom. The topological polar surface area (TPSA) is 21.3 Å². The van der Waals surface area contributed by atoms with Crippen LogP contribution in [0, 0.1) is 0 Å². The SMILES string of the molecule is CCc1ccccc1Oc1cccc(CNC)c1. The van der Waals surface area contributed by atoms with Gasteiger partial charge < -0.3 is 10.1 Å². The minimum Gasteiger partial charge on any atom is -0.457 e. The summed E-state index contributed by atoms with van der Waals surface area (Å²) >= 11 is 0. The first kappa shape index (κ1) is 12.7. The summed E-state index contributed by atoms with van der Waals surface area (Å²) in [6.45, 7) is 2.99. The molecule has 0 saturated heterocycles. The maximum atomic E-state index is 5.96. The molecule has 1 N–H and O–H groups in total. The van der Waals surface area contributed by atoms with Gasteiger partial charge in [-0.05, 0) is 42.8 Å². The second-order valence-electron chi connectivity index (χ2n) is 4.24. The van der Waals surface area contributed by atoms with E-state index in [1.807, 2.05) is 37.4 Å². The summed E-state index contributed by atoms with van der Waals surface area (Å²) in [6, 6.07) is 16.4. The predicted molar refractivity (Wildman–Crippen MR) is 75.1 cm³/mol. The molecule has 0 bridgehead atoms. The van der Waals surface area contributed by atoms with E-state index in [1.54, 1.807) is 0 Å². The van der Waals surface area contributed by atoms with Crippen molar-refractivity contribution in [1.82, 2.24) is 5.32 Å². The minimum atomic E-state index is 0.854. The van der Waals surface area contributed by atoms with Gasteiger partial charge in [0.25, 0.3) is 0 Å². The Balaban J connectivity index is 2.20. The van der Waals surface area contributed by atoms with Crippen molar-refractivity contribution < 1.29 is 4.74 Å². The van der Waals surface area contributed by atoms with E-state index in [4.69, 9.17) is 4.74 Å². The van der Waals surface area contributed by atoms with E-state index in [9.17, 15) is 0 Å². The van der Waals surface area contributed by atoms with E-state index in [1.165, 1.54) is 11.1 Å². The zero-order valence-corrected chi connectivity index (χ0v) is 10.9. The molecule has 94 valence electrons. The summed E-state index contributed by atoms with van der Waals surface area (Å²) in [6.07, 6.45) is 0.979. The number of para-hydroxylation sites is 1. The highest BCUT2D eigenvalue weighted by Gasteiger charge is 2.03. The summed E-state index contributed by atoms with van der Waals surface area (Å²) in [5.41, 5.74) is 2.46. The molecule has 0 aliphatic heterocycles. The highest BCUT2D eigenvalue weighted by Crippen LogP contribution is 2.26. The molecular weight excluding hydrogens is 222 g/mol. The molecule has 0 aliphatic rings. The normalized spacial score (nSPS) is 10.3. The molecule has 2 nitrogen and oxygen atoms in total. The van der Waals surface area contributed by atoms with Crippen molar-refractivity contribution in [2.24, 2.45) is 0 Å². The molecule has 2 aromatic rings. The summed E-state index contributed by atoms with van der Waals surface area (Å²) < 4.78 is 5.96. The van der Waals surface area contributed by atoms with Crippen LogP contribution in [0.2, 0.25) is 0 Å². The van der Waals surface area contributed by atoms with E-state index >= 15 is 0 Å². The summed E-state index contributed by atoms with van der Waals surface area (Å²) in [4.78, 5) is 0. The van der Waals surface area contributed by atoms with Gasteiger partial charge in [0.1, 0.15) is 11.5 Å². The molecule has 0 fully saturated rings. The first-order valence-corrected chi connectivity index (χ1v) is 6.32. The van der Waals surface area contributed by atoms with Gasteiger partial charge in [0.05, 0.1) is 0 Å². The lowest BCUT2D eigenvalue weighted by Gasteiger charge is -2.10. The number of benzene rings is 2. The van der Waals surface area contributed by atoms with Crippen LogP contribution in [-0.2, 0) is 13.0 Å². The molecule has 2 heteroatoms. The van der Waals surface area contributed by atoms with Gasteiger partial charge in [-0.2, -0.15) is 0 Å². The van der Waals surface area contributed by atoms with Crippen LogP contribution in [0.15, 0.2) is 48.5 Å². The number of ether oxygens (including phenoxy) is 1. The van der Waals surface area contributed by atoms with Crippen molar-refractivity contribution in [3.63, 3.8) is 0 Å². The summed E-state index contributed by atoms with van der Waals surface area (Å²) in [5, 5.41) is 3.14. The van der Waals surface area contributed by atoms with E-state index < -0.39 is 0 Å². The van der Waals surface area contributed by atoms with Crippen LogP contribution in [0.1, 0.15) is 18.1 Å². The van der Waals surface area contributed by atoms with E-state index in [-0.39, 0.29) is 0 Å². The van der Waals surface area contributed by atoms with Gasteiger partial charge in [0.2, 0.25) is 0 Å². The Morgan fingerprint density at radius 1 is 1.06 bits per heavy atom. The Kier molecular flexibility index (Phi) is 4.37. The largest absolute Gasteiger partial charge is 0.457 e. The lowest BCUT2D eigenvalue weighted by Crippen LogP contribution is -2.04. The fourth-order valence-electron chi connectivity index (χ4n) is 1.95. The van der Waals surface area contributed by atoms with Gasteiger partial charge in [0.15, 0.2) is 0 Å². The van der Waals surface area contributed by atoms with E-state index in [0.717, 1.165) is 24.5 Å². The maximum absolute atomic E-state index is 5.96. The standard InChI is InChI=1S/C16H19NO/c1-3-14-8-4-5-10-16(14)18-15-9-6-7-13(11-15)12-17-2/h4-11,17H,3,12H2,1-2H3. The van der Waals surface area contributed by atoms with Crippen LogP contribution in [0.25, 0.3) is 0 Å². The van der Waals surface area contributed by atoms with Gasteiger partial charge in [-0.3, -0.25) is 0 Å². The molecule has 0 spiro atoms. The van der Waals surface area contributed by atoms with Crippen LogP contribution < -0.4 is 10.1 Å². The zero-order valence-electron chi connectivity index (χ0n) is 10.9. The van der Waals surface area contributed by atoms with Crippen LogP contribution in [0.5, 0.6) is 11.5 Å². The zero-order chi connectivity index (χ0) is 12.8. The highest BCUT2D eigenvalue weighted by molar-refractivity contribution is 5.38. The number of hydrogen-bond donors (Lipinski definition) is 1. The molecule has 0 radical (unpaired) electrons. The molecule has 0 heterocycles. The third-order valence-corrected chi connectivity index (χ3v) is 2.86. The Labute approximate surface area is 109 Å². The number of hydrogen-bond acceptors (Lipinski definition) is 2. The molecule has 2 aromatic carbocycles. The van der Waals surface area contributed by atoms with Crippen molar-refractivity contribution in [2.75, 3.05) is 7.05 Å². The highest BCUT2D eigenvalue weighted by atomic mass is 16.5. The molecule has 0 amide bonds. The average molecular weight is 241 g/mol. The van der Waals surface area contributed by atoms with Crippen molar-refractivity contribution >= 4 is 0 Å². The molecule has 0 saturated carbocycles. The molecule has 2 rings (SSSR count). The second kappa shape index (κ2) is 6.22. The fraction of sp³-hybridized carbons (Fsp3) is 0.250. The van der Waals surface area contributed by atoms with Crippen LogP contribution in [-0.4, -0.2) is 7.05 Å². The van der Waals surface area contributed by atoms with Gasteiger partial charge in [-0.25, -0.2) is 0 Å².